The topological polar surface area (TPSA) is 114 Å². The number of amides is 2. The van der Waals surface area contributed by atoms with E-state index in [1.54, 1.807) is 12.1 Å². The summed E-state index contributed by atoms with van der Waals surface area (Å²) in [6.07, 6.45) is -1.24. The molecule has 0 bridgehead atoms. The molecule has 1 aliphatic rings. The fourth-order valence-corrected chi connectivity index (χ4v) is 1.92. The van der Waals surface area contributed by atoms with Crippen LogP contribution in [0.5, 0.6) is 0 Å². The van der Waals surface area contributed by atoms with Crippen LogP contribution in [0.3, 0.4) is 0 Å². The third kappa shape index (κ3) is 1.85. The number of nitriles is 1. The van der Waals surface area contributed by atoms with Crippen molar-refractivity contribution in [1.82, 2.24) is 5.32 Å². The van der Waals surface area contributed by atoms with Crippen molar-refractivity contribution in [3.8, 4) is 6.07 Å². The fourth-order valence-electron chi connectivity index (χ4n) is 1.92. The molecular weight excluding hydrogens is 238 g/mol. The van der Waals surface area contributed by atoms with Crippen LogP contribution in [-0.4, -0.2) is 28.4 Å². The molecule has 1 aromatic carbocycles. The van der Waals surface area contributed by atoms with Gasteiger partial charge >= 0.3 is 6.09 Å². The van der Waals surface area contributed by atoms with Crippen LogP contribution < -0.4 is 10.4 Å². The Bertz CT molecular complexity index is 564. The van der Waals surface area contributed by atoms with Crippen LogP contribution in [-0.2, 0) is 11.2 Å². The first-order valence-corrected chi connectivity index (χ1v) is 5.09. The third-order valence-electron chi connectivity index (χ3n) is 2.68. The second-order valence-corrected chi connectivity index (χ2v) is 3.78. The average Bonchev–Trinajstić information content (AvgIpc) is 2.34. The van der Waals surface area contributed by atoms with E-state index < -0.39 is 18.0 Å². The summed E-state index contributed by atoms with van der Waals surface area (Å²) in [6.45, 7) is 0. The van der Waals surface area contributed by atoms with Gasteiger partial charge in [-0.05, 0) is 11.6 Å². The van der Waals surface area contributed by atoms with Crippen LogP contribution in [0.1, 0.15) is 11.1 Å². The van der Waals surface area contributed by atoms with Crippen LogP contribution in [0, 0.1) is 11.3 Å². The van der Waals surface area contributed by atoms with Gasteiger partial charge in [0, 0.05) is 6.42 Å². The number of carbonyl (C=O) groups excluding carboxylic acids is 1. The summed E-state index contributed by atoms with van der Waals surface area (Å²) in [7, 11) is 0. The van der Waals surface area contributed by atoms with E-state index in [-0.39, 0.29) is 17.7 Å². The molecule has 0 saturated carbocycles. The number of hydrogen-bond acceptors (Lipinski definition) is 4. The molecule has 1 aromatic rings. The number of carbonyl (C=O) groups is 2. The third-order valence-corrected chi connectivity index (χ3v) is 2.68. The van der Waals surface area contributed by atoms with Gasteiger partial charge in [-0.3, -0.25) is 10.0 Å². The lowest BCUT2D eigenvalue weighted by molar-refractivity contribution is -0.126. The Balaban J connectivity index is 2.44. The Morgan fingerprint density at radius 1 is 1.56 bits per heavy atom. The largest absolute Gasteiger partial charge is 0.465 e. The molecule has 2 amide bonds. The number of anilines is 1. The summed E-state index contributed by atoms with van der Waals surface area (Å²) in [5.41, 5.74) is 0.820. The van der Waals surface area contributed by atoms with Gasteiger partial charge < -0.3 is 10.4 Å². The first-order chi connectivity index (χ1) is 8.54. The minimum Gasteiger partial charge on any atom is -0.465 e. The minimum absolute atomic E-state index is 0.104. The summed E-state index contributed by atoms with van der Waals surface area (Å²) in [4.78, 5) is 22.3. The Morgan fingerprint density at radius 3 is 2.89 bits per heavy atom. The average molecular weight is 247 g/mol. The molecule has 0 spiro atoms. The number of rotatable bonds is 1. The van der Waals surface area contributed by atoms with Crippen molar-refractivity contribution < 1.29 is 19.9 Å². The number of carboxylic acid groups (broad SMARTS) is 1. The normalized spacial score (nSPS) is 17.9. The molecule has 0 radical (unpaired) electrons. The molecule has 18 heavy (non-hydrogen) atoms. The number of nitrogens with zero attached hydrogens (tertiary/aromatic N) is 2. The lowest BCUT2D eigenvalue weighted by Gasteiger charge is -2.29. The number of nitrogens with one attached hydrogen (secondary N) is 1. The van der Waals surface area contributed by atoms with E-state index in [0.29, 0.717) is 10.6 Å². The second-order valence-electron chi connectivity index (χ2n) is 3.78. The van der Waals surface area contributed by atoms with Gasteiger partial charge in [-0.15, -0.1) is 0 Å². The minimum atomic E-state index is -1.35. The maximum absolute atomic E-state index is 11.7. The lowest BCUT2D eigenvalue weighted by atomic mass is 9.96. The van der Waals surface area contributed by atoms with Crippen molar-refractivity contribution in [2.45, 2.75) is 12.5 Å². The highest BCUT2D eigenvalue weighted by Gasteiger charge is 2.34. The maximum Gasteiger partial charge on any atom is 0.405 e. The van der Waals surface area contributed by atoms with Gasteiger partial charge in [-0.1, -0.05) is 12.1 Å². The number of fused-ring (bicyclic) bond motifs is 1. The number of hydrogen-bond donors (Lipinski definition) is 3. The summed E-state index contributed by atoms with van der Waals surface area (Å²) in [5, 5.41) is 29.6. The Labute approximate surface area is 102 Å². The van der Waals surface area contributed by atoms with Gasteiger partial charge in [-0.25, -0.2) is 4.79 Å². The Kier molecular flexibility index (Phi) is 2.87. The van der Waals surface area contributed by atoms with Crippen molar-refractivity contribution in [2.24, 2.45) is 0 Å². The molecule has 7 nitrogen and oxygen atoms in total. The van der Waals surface area contributed by atoms with Gasteiger partial charge in [0.15, 0.2) is 0 Å². The monoisotopic (exact) mass is 247 g/mol. The summed E-state index contributed by atoms with van der Waals surface area (Å²) >= 11 is 0. The highest BCUT2D eigenvalue weighted by molar-refractivity contribution is 6.00. The standard InChI is InChI=1S/C11H9N3O4/c12-5-7-3-1-2-6-4-8(13-11(16)17)10(15)14(18)9(6)7/h1-3,8,13,18H,4H2,(H,16,17). The number of benzene rings is 1. The van der Waals surface area contributed by atoms with Gasteiger partial charge in [0.1, 0.15) is 12.1 Å². The highest BCUT2D eigenvalue weighted by atomic mass is 16.5. The molecule has 3 N–H and O–H groups in total. The molecule has 1 heterocycles. The smallest absolute Gasteiger partial charge is 0.405 e. The second kappa shape index (κ2) is 4.35. The predicted molar refractivity (Wildman–Crippen MR) is 59.1 cm³/mol. The lowest BCUT2D eigenvalue weighted by Crippen LogP contribution is -2.51. The highest BCUT2D eigenvalue weighted by Crippen LogP contribution is 2.29. The maximum atomic E-state index is 11.7. The van der Waals surface area contributed by atoms with E-state index in [9.17, 15) is 14.8 Å². The van der Waals surface area contributed by atoms with Crippen LogP contribution in [0.25, 0.3) is 0 Å². The predicted octanol–water partition coefficient (Wildman–Crippen LogP) is 0.473. The Morgan fingerprint density at radius 2 is 2.28 bits per heavy atom. The summed E-state index contributed by atoms with van der Waals surface area (Å²) in [5.74, 6) is -0.799. The van der Waals surface area contributed by atoms with Crippen molar-refractivity contribution in [2.75, 3.05) is 5.06 Å². The van der Waals surface area contributed by atoms with E-state index in [4.69, 9.17) is 10.4 Å². The van der Waals surface area contributed by atoms with Crippen molar-refractivity contribution in [1.29, 1.82) is 5.26 Å². The van der Waals surface area contributed by atoms with Gasteiger partial charge in [0.25, 0.3) is 5.91 Å². The molecule has 0 aromatic heterocycles. The first kappa shape index (κ1) is 11.9. The van der Waals surface area contributed by atoms with E-state index >= 15 is 0 Å². The summed E-state index contributed by atoms with van der Waals surface area (Å²) in [6, 6.07) is 5.53. The van der Waals surface area contributed by atoms with Crippen molar-refractivity contribution in [3.63, 3.8) is 0 Å². The van der Waals surface area contributed by atoms with E-state index in [0.717, 1.165) is 0 Å². The van der Waals surface area contributed by atoms with E-state index in [1.165, 1.54) is 6.07 Å². The van der Waals surface area contributed by atoms with Crippen LogP contribution >= 0.6 is 0 Å². The summed E-state index contributed by atoms with van der Waals surface area (Å²) < 4.78 is 0. The SMILES string of the molecule is N#Cc1cccc2c1N(O)C(=O)C(NC(=O)O)C2. The molecule has 1 aliphatic heterocycles. The molecule has 0 aliphatic carbocycles. The molecule has 0 fully saturated rings. The zero-order valence-electron chi connectivity index (χ0n) is 9.12. The van der Waals surface area contributed by atoms with Gasteiger partial charge in [-0.2, -0.15) is 10.3 Å². The molecule has 2 rings (SSSR count). The molecular formula is C11H9N3O4. The molecule has 7 heteroatoms. The Hall–Kier alpha value is -2.59. The molecule has 1 unspecified atom stereocenters. The van der Waals surface area contributed by atoms with Crippen LogP contribution in [0.2, 0.25) is 0 Å². The van der Waals surface area contributed by atoms with E-state index in [2.05, 4.69) is 0 Å². The van der Waals surface area contributed by atoms with E-state index in [1.807, 2.05) is 11.4 Å². The molecule has 1 atom stereocenters. The van der Waals surface area contributed by atoms with Crippen LogP contribution in [0.4, 0.5) is 10.5 Å². The number of para-hydroxylation sites is 1. The van der Waals surface area contributed by atoms with Gasteiger partial charge in [0.2, 0.25) is 0 Å². The van der Waals surface area contributed by atoms with Crippen molar-refractivity contribution >= 4 is 17.7 Å². The quantitative estimate of drug-likeness (QED) is 0.624. The molecule has 92 valence electrons. The van der Waals surface area contributed by atoms with Crippen molar-refractivity contribution in [3.05, 3.63) is 29.3 Å². The molecule has 0 saturated heterocycles. The first-order valence-electron chi connectivity index (χ1n) is 5.09. The van der Waals surface area contributed by atoms with Crippen LogP contribution in [0.15, 0.2) is 18.2 Å². The zero-order chi connectivity index (χ0) is 13.3. The van der Waals surface area contributed by atoms with Gasteiger partial charge in [0.05, 0.1) is 11.3 Å². The fraction of sp³-hybridized carbons (Fsp3) is 0.182. The zero-order valence-corrected chi connectivity index (χ0v) is 9.12. The number of hydroxylamine groups is 1.